The van der Waals surface area contributed by atoms with Crippen molar-refractivity contribution < 1.29 is 23.4 Å². The number of amides is 1. The third kappa shape index (κ3) is 2.66. The van der Waals surface area contributed by atoms with Crippen LogP contribution in [0.1, 0.15) is 18.6 Å². The Bertz CT molecular complexity index is 377. The minimum atomic E-state index is -1.60. The van der Waals surface area contributed by atoms with Crippen LogP contribution in [0.2, 0.25) is 0 Å². The first-order valence-electron chi connectivity index (χ1n) is 4.51. The summed E-state index contributed by atoms with van der Waals surface area (Å²) in [6.45, 7) is 1.28. The quantitative estimate of drug-likeness (QED) is 0.827. The summed E-state index contributed by atoms with van der Waals surface area (Å²) in [4.78, 5) is 10.4. The van der Waals surface area contributed by atoms with Crippen LogP contribution in [0, 0.1) is 11.6 Å². The Morgan fingerprint density at radius 2 is 1.94 bits per heavy atom. The molecule has 88 valence electrons. The normalized spacial score (nSPS) is 14.2. The van der Waals surface area contributed by atoms with Gasteiger partial charge in [-0.3, -0.25) is 0 Å². The monoisotopic (exact) mass is 231 g/mol. The minimum Gasteiger partial charge on any atom is -0.444 e. The second kappa shape index (κ2) is 4.89. The molecule has 1 rings (SSSR count). The van der Waals surface area contributed by atoms with Gasteiger partial charge in [0, 0.05) is 0 Å². The lowest BCUT2D eigenvalue weighted by Crippen LogP contribution is -2.26. The van der Waals surface area contributed by atoms with Crippen molar-refractivity contribution in [2.45, 2.75) is 19.1 Å². The third-order valence-electron chi connectivity index (χ3n) is 2.04. The number of aliphatic hydroxyl groups is 1. The fourth-order valence-corrected chi connectivity index (χ4v) is 1.28. The van der Waals surface area contributed by atoms with Gasteiger partial charge in [0.05, 0.1) is 5.56 Å². The lowest BCUT2D eigenvalue weighted by atomic mass is 10.0. The van der Waals surface area contributed by atoms with Crippen molar-refractivity contribution in [2.24, 2.45) is 5.73 Å². The molecule has 1 aromatic rings. The zero-order chi connectivity index (χ0) is 12.3. The van der Waals surface area contributed by atoms with Gasteiger partial charge in [0.15, 0.2) is 0 Å². The summed E-state index contributed by atoms with van der Waals surface area (Å²) in [5.41, 5.74) is 4.18. The number of carbonyl (C=O) groups is 1. The Hall–Kier alpha value is -1.69. The molecule has 2 atom stereocenters. The van der Waals surface area contributed by atoms with Crippen LogP contribution in [-0.4, -0.2) is 17.3 Å². The van der Waals surface area contributed by atoms with Crippen LogP contribution in [0.5, 0.6) is 0 Å². The molecule has 0 aliphatic heterocycles. The molecule has 0 bridgehead atoms. The summed E-state index contributed by atoms with van der Waals surface area (Å²) in [5.74, 6) is -1.82. The molecule has 1 amide bonds. The van der Waals surface area contributed by atoms with Gasteiger partial charge in [-0.2, -0.15) is 0 Å². The molecule has 0 radical (unpaired) electrons. The molecule has 0 saturated heterocycles. The summed E-state index contributed by atoms with van der Waals surface area (Å²) in [6, 6.07) is 3.16. The maximum absolute atomic E-state index is 13.2. The van der Waals surface area contributed by atoms with Gasteiger partial charge in [-0.1, -0.05) is 6.07 Å². The van der Waals surface area contributed by atoms with E-state index in [1.165, 1.54) is 13.0 Å². The van der Waals surface area contributed by atoms with Gasteiger partial charge in [0.2, 0.25) is 0 Å². The lowest BCUT2D eigenvalue weighted by Gasteiger charge is -2.19. The molecule has 0 aliphatic carbocycles. The molecule has 1 aromatic carbocycles. The van der Waals surface area contributed by atoms with Crippen molar-refractivity contribution in [3.05, 3.63) is 35.4 Å². The lowest BCUT2D eigenvalue weighted by molar-refractivity contribution is 0.0120. The maximum Gasteiger partial charge on any atom is 0.404 e. The minimum absolute atomic E-state index is 0.545. The van der Waals surface area contributed by atoms with E-state index in [1.54, 1.807) is 0 Å². The molecule has 0 saturated carbocycles. The summed E-state index contributed by atoms with van der Waals surface area (Å²) in [5, 5.41) is 9.59. The second-order valence-corrected chi connectivity index (χ2v) is 3.22. The highest BCUT2D eigenvalue weighted by atomic mass is 19.1. The number of rotatable bonds is 3. The summed E-state index contributed by atoms with van der Waals surface area (Å²) < 4.78 is 30.9. The van der Waals surface area contributed by atoms with Crippen molar-refractivity contribution in [2.75, 3.05) is 0 Å². The van der Waals surface area contributed by atoms with Crippen LogP contribution in [-0.2, 0) is 4.74 Å². The zero-order valence-electron chi connectivity index (χ0n) is 8.48. The van der Waals surface area contributed by atoms with Crippen molar-refractivity contribution in [3.63, 3.8) is 0 Å². The fourth-order valence-electron chi connectivity index (χ4n) is 1.28. The largest absolute Gasteiger partial charge is 0.444 e. The van der Waals surface area contributed by atoms with Crippen LogP contribution in [0.25, 0.3) is 0 Å². The molecule has 16 heavy (non-hydrogen) atoms. The first-order chi connectivity index (χ1) is 7.43. The van der Waals surface area contributed by atoms with E-state index in [-0.39, 0.29) is 0 Å². The molecule has 0 fully saturated rings. The molecular formula is C10H11F2NO3. The van der Waals surface area contributed by atoms with E-state index in [0.29, 0.717) is 0 Å². The fraction of sp³-hybridized carbons (Fsp3) is 0.300. The number of benzene rings is 1. The summed E-state index contributed by atoms with van der Waals surface area (Å²) in [7, 11) is 0. The van der Waals surface area contributed by atoms with Gasteiger partial charge in [0.1, 0.15) is 23.8 Å². The van der Waals surface area contributed by atoms with E-state index in [2.05, 4.69) is 4.74 Å². The van der Waals surface area contributed by atoms with Crippen LogP contribution in [0.3, 0.4) is 0 Å². The van der Waals surface area contributed by atoms with Crippen LogP contribution < -0.4 is 5.73 Å². The highest BCUT2D eigenvalue weighted by Gasteiger charge is 2.25. The second-order valence-electron chi connectivity index (χ2n) is 3.22. The summed E-state index contributed by atoms with van der Waals surface area (Å²) in [6.07, 6.45) is -3.86. The van der Waals surface area contributed by atoms with Gasteiger partial charge >= 0.3 is 6.09 Å². The number of hydrogen-bond donors (Lipinski definition) is 2. The van der Waals surface area contributed by atoms with E-state index in [4.69, 9.17) is 5.73 Å². The average Bonchev–Trinajstić information content (AvgIpc) is 2.16. The number of halogens is 2. The predicted octanol–water partition coefficient (Wildman–Crippen LogP) is 1.48. The van der Waals surface area contributed by atoms with E-state index in [9.17, 15) is 18.7 Å². The zero-order valence-corrected chi connectivity index (χ0v) is 8.48. The molecule has 0 heterocycles. The number of hydrogen-bond acceptors (Lipinski definition) is 3. The van der Waals surface area contributed by atoms with Gasteiger partial charge in [-0.15, -0.1) is 0 Å². The molecule has 6 heteroatoms. The average molecular weight is 231 g/mol. The Balaban J connectivity index is 2.95. The van der Waals surface area contributed by atoms with Crippen molar-refractivity contribution >= 4 is 6.09 Å². The summed E-state index contributed by atoms with van der Waals surface area (Å²) >= 11 is 0. The first-order valence-corrected chi connectivity index (χ1v) is 4.51. The number of aliphatic hydroxyl groups excluding tert-OH is 1. The highest BCUT2D eigenvalue weighted by molar-refractivity contribution is 5.64. The third-order valence-corrected chi connectivity index (χ3v) is 2.04. The molecule has 4 nitrogen and oxygen atoms in total. The van der Waals surface area contributed by atoms with Crippen LogP contribution >= 0.6 is 0 Å². The number of carbonyl (C=O) groups excluding carboxylic acids is 1. The number of ether oxygens (including phenoxy) is 1. The van der Waals surface area contributed by atoms with Crippen LogP contribution in [0.4, 0.5) is 13.6 Å². The number of nitrogens with two attached hydrogens (primary N) is 1. The van der Waals surface area contributed by atoms with Crippen molar-refractivity contribution in [1.29, 1.82) is 0 Å². The topological polar surface area (TPSA) is 72.5 Å². The Morgan fingerprint density at radius 3 is 2.38 bits per heavy atom. The molecule has 0 aliphatic rings. The van der Waals surface area contributed by atoms with Gasteiger partial charge < -0.3 is 15.6 Å². The Labute approximate surface area is 90.6 Å². The van der Waals surface area contributed by atoms with E-state index < -0.39 is 35.5 Å². The highest BCUT2D eigenvalue weighted by Crippen LogP contribution is 2.24. The smallest absolute Gasteiger partial charge is 0.404 e. The number of primary amides is 1. The molecular weight excluding hydrogens is 220 g/mol. The van der Waals surface area contributed by atoms with Gasteiger partial charge in [-0.05, 0) is 19.1 Å². The molecule has 3 N–H and O–H groups in total. The molecule has 0 unspecified atom stereocenters. The standard InChI is InChI=1S/C10H11F2NO3/c1-5(16-10(13)15)9(14)8-6(11)3-2-4-7(8)12/h2-5,9,14H,1H3,(H2,13,15)/t5-,9+/m0/s1. The van der Waals surface area contributed by atoms with Crippen molar-refractivity contribution in [1.82, 2.24) is 0 Å². The van der Waals surface area contributed by atoms with E-state index in [0.717, 1.165) is 12.1 Å². The van der Waals surface area contributed by atoms with Crippen LogP contribution in [0.15, 0.2) is 18.2 Å². The predicted molar refractivity (Wildman–Crippen MR) is 51.4 cm³/mol. The molecule has 0 spiro atoms. The van der Waals surface area contributed by atoms with Gasteiger partial charge in [0.25, 0.3) is 0 Å². The SMILES string of the molecule is C[C@H](OC(N)=O)[C@@H](O)c1c(F)cccc1F. The van der Waals surface area contributed by atoms with E-state index >= 15 is 0 Å². The maximum atomic E-state index is 13.2. The Morgan fingerprint density at radius 1 is 1.44 bits per heavy atom. The Kier molecular flexibility index (Phi) is 3.78. The first kappa shape index (κ1) is 12.4. The van der Waals surface area contributed by atoms with Gasteiger partial charge in [-0.25, -0.2) is 13.6 Å². The van der Waals surface area contributed by atoms with E-state index in [1.807, 2.05) is 0 Å². The van der Waals surface area contributed by atoms with Crippen molar-refractivity contribution in [3.8, 4) is 0 Å². The molecule has 0 aromatic heterocycles.